The van der Waals surface area contributed by atoms with Crippen molar-refractivity contribution in [2.24, 2.45) is 10.9 Å². The third-order valence-electron chi connectivity index (χ3n) is 4.42. The van der Waals surface area contributed by atoms with Gasteiger partial charge < -0.3 is 24.8 Å². The topological polar surface area (TPSA) is 64.1 Å². The van der Waals surface area contributed by atoms with Crippen molar-refractivity contribution >= 4 is 5.96 Å². The van der Waals surface area contributed by atoms with Gasteiger partial charge in [-0.05, 0) is 37.5 Å². The molecule has 7 heteroatoms. The third kappa shape index (κ3) is 8.24. The maximum Gasteiger partial charge on any atom is 0.191 e. The maximum atomic E-state index is 13.1. The maximum absolute atomic E-state index is 13.1. The van der Waals surface area contributed by atoms with Gasteiger partial charge >= 0.3 is 0 Å². The van der Waals surface area contributed by atoms with E-state index in [9.17, 15) is 4.39 Å². The van der Waals surface area contributed by atoms with Crippen LogP contribution in [0.2, 0.25) is 0 Å². The number of ether oxygens (including phenoxy) is 3. The summed E-state index contributed by atoms with van der Waals surface area (Å²) in [5.74, 6) is 1.04. The molecule has 152 valence electrons. The van der Waals surface area contributed by atoms with Gasteiger partial charge in [0.1, 0.15) is 11.9 Å². The first kappa shape index (κ1) is 21.6. The molecule has 1 aromatic carbocycles. The summed E-state index contributed by atoms with van der Waals surface area (Å²) >= 11 is 0. The standard InChI is InChI=1S/C20H32FN3O3/c1-3-22-20(23-10-4-11-26-14-16-9-12-27-15-16)24-13-19(25-2)17-5-7-18(21)8-6-17/h5-8,16,19H,3-4,9-15H2,1-2H3,(H2,22,23,24). The molecule has 2 unspecified atom stereocenters. The number of hydrogen-bond donors (Lipinski definition) is 2. The van der Waals surface area contributed by atoms with Crippen LogP contribution in [0.15, 0.2) is 29.3 Å². The fourth-order valence-electron chi connectivity index (χ4n) is 2.86. The molecule has 2 N–H and O–H groups in total. The van der Waals surface area contributed by atoms with E-state index in [2.05, 4.69) is 15.6 Å². The van der Waals surface area contributed by atoms with Crippen LogP contribution >= 0.6 is 0 Å². The molecule has 0 radical (unpaired) electrons. The Bertz CT molecular complexity index is 548. The van der Waals surface area contributed by atoms with Gasteiger partial charge in [0.2, 0.25) is 0 Å². The van der Waals surface area contributed by atoms with Gasteiger partial charge in [-0.3, -0.25) is 4.99 Å². The second-order valence-corrected chi connectivity index (χ2v) is 6.58. The Balaban J connectivity index is 1.70. The van der Waals surface area contributed by atoms with Crippen molar-refractivity contribution in [3.63, 3.8) is 0 Å². The highest BCUT2D eigenvalue weighted by Crippen LogP contribution is 2.17. The van der Waals surface area contributed by atoms with E-state index in [0.717, 1.165) is 63.9 Å². The van der Waals surface area contributed by atoms with E-state index in [0.29, 0.717) is 12.5 Å². The van der Waals surface area contributed by atoms with Crippen molar-refractivity contribution < 1.29 is 18.6 Å². The summed E-state index contributed by atoms with van der Waals surface area (Å²) in [6.45, 7) is 7.22. The molecule has 2 rings (SSSR count). The molecule has 1 aliphatic heterocycles. The lowest BCUT2D eigenvalue weighted by atomic mass is 10.1. The predicted molar refractivity (Wildman–Crippen MR) is 104 cm³/mol. The first-order chi connectivity index (χ1) is 13.2. The molecule has 2 atom stereocenters. The lowest BCUT2D eigenvalue weighted by Crippen LogP contribution is -2.38. The van der Waals surface area contributed by atoms with Crippen LogP contribution in [-0.2, 0) is 14.2 Å². The minimum absolute atomic E-state index is 0.210. The van der Waals surface area contributed by atoms with Crippen LogP contribution in [0.3, 0.4) is 0 Å². The van der Waals surface area contributed by atoms with Crippen molar-refractivity contribution in [1.82, 2.24) is 10.6 Å². The van der Waals surface area contributed by atoms with E-state index in [1.807, 2.05) is 6.92 Å². The van der Waals surface area contributed by atoms with Gasteiger partial charge in [-0.2, -0.15) is 0 Å². The van der Waals surface area contributed by atoms with E-state index < -0.39 is 0 Å². The largest absolute Gasteiger partial charge is 0.381 e. The first-order valence-corrected chi connectivity index (χ1v) is 9.68. The number of rotatable bonds is 11. The number of nitrogens with zero attached hydrogens (tertiary/aromatic N) is 1. The lowest BCUT2D eigenvalue weighted by molar-refractivity contribution is 0.0887. The van der Waals surface area contributed by atoms with E-state index in [-0.39, 0.29) is 11.9 Å². The Kier molecular flexibility index (Phi) is 10.1. The summed E-state index contributed by atoms with van der Waals surface area (Å²) in [4.78, 5) is 4.58. The molecule has 0 bridgehead atoms. The number of aliphatic imine (C=N–C) groups is 1. The van der Waals surface area contributed by atoms with Crippen LogP contribution in [0.1, 0.15) is 31.4 Å². The fraction of sp³-hybridized carbons (Fsp3) is 0.650. The lowest BCUT2D eigenvalue weighted by Gasteiger charge is -2.16. The molecule has 1 aliphatic rings. The summed E-state index contributed by atoms with van der Waals surface area (Å²) < 4.78 is 29.6. The van der Waals surface area contributed by atoms with Crippen LogP contribution < -0.4 is 10.6 Å². The van der Waals surface area contributed by atoms with Gasteiger partial charge in [-0.25, -0.2) is 4.39 Å². The molecule has 1 aromatic rings. The van der Waals surface area contributed by atoms with E-state index in [4.69, 9.17) is 14.2 Å². The average molecular weight is 381 g/mol. The zero-order chi connectivity index (χ0) is 19.3. The molecule has 1 fully saturated rings. The summed E-state index contributed by atoms with van der Waals surface area (Å²) in [6.07, 6.45) is 1.80. The molecule has 0 amide bonds. The van der Waals surface area contributed by atoms with Gasteiger partial charge in [0.25, 0.3) is 0 Å². The zero-order valence-electron chi connectivity index (χ0n) is 16.4. The number of halogens is 1. The second-order valence-electron chi connectivity index (χ2n) is 6.58. The molecule has 0 saturated carbocycles. The molecule has 0 spiro atoms. The monoisotopic (exact) mass is 381 g/mol. The van der Waals surface area contributed by atoms with Gasteiger partial charge in [0, 0.05) is 39.3 Å². The highest BCUT2D eigenvalue weighted by Gasteiger charge is 2.15. The van der Waals surface area contributed by atoms with Crippen LogP contribution in [0, 0.1) is 11.7 Å². The summed E-state index contributed by atoms with van der Waals surface area (Å²) in [7, 11) is 1.64. The fourth-order valence-corrected chi connectivity index (χ4v) is 2.86. The predicted octanol–water partition coefficient (Wildman–Crippen LogP) is 2.51. The molecular weight excluding hydrogens is 349 g/mol. The summed E-state index contributed by atoms with van der Waals surface area (Å²) in [5.41, 5.74) is 0.905. The molecule has 27 heavy (non-hydrogen) atoms. The molecular formula is C20H32FN3O3. The third-order valence-corrected chi connectivity index (χ3v) is 4.42. The number of hydrogen-bond acceptors (Lipinski definition) is 4. The summed E-state index contributed by atoms with van der Waals surface area (Å²) in [5, 5.41) is 6.53. The SMILES string of the molecule is CCNC(=NCC(OC)c1ccc(F)cc1)NCCCOCC1CCOC1. The molecule has 1 heterocycles. The number of benzene rings is 1. The average Bonchev–Trinajstić information content (AvgIpc) is 3.19. The highest BCUT2D eigenvalue weighted by molar-refractivity contribution is 5.79. The van der Waals surface area contributed by atoms with Crippen LogP contribution in [0.5, 0.6) is 0 Å². The summed E-state index contributed by atoms with van der Waals surface area (Å²) in [6, 6.07) is 6.33. The number of guanidine groups is 1. The van der Waals surface area contributed by atoms with Crippen molar-refractivity contribution in [3.05, 3.63) is 35.6 Å². The molecule has 0 aliphatic carbocycles. The Labute approximate surface area is 161 Å². The van der Waals surface area contributed by atoms with Crippen molar-refractivity contribution in [2.75, 3.05) is 53.2 Å². The highest BCUT2D eigenvalue weighted by atomic mass is 19.1. The Morgan fingerprint density at radius 3 is 2.81 bits per heavy atom. The normalized spacial score (nSPS) is 18.5. The van der Waals surface area contributed by atoms with Gasteiger partial charge in [-0.1, -0.05) is 12.1 Å². The minimum atomic E-state index is -0.255. The van der Waals surface area contributed by atoms with Gasteiger partial charge in [-0.15, -0.1) is 0 Å². The smallest absolute Gasteiger partial charge is 0.191 e. The van der Waals surface area contributed by atoms with Crippen molar-refractivity contribution in [2.45, 2.75) is 25.9 Å². The van der Waals surface area contributed by atoms with Crippen molar-refractivity contribution in [1.29, 1.82) is 0 Å². The van der Waals surface area contributed by atoms with Crippen LogP contribution in [0.4, 0.5) is 4.39 Å². The van der Waals surface area contributed by atoms with Crippen molar-refractivity contribution in [3.8, 4) is 0 Å². The Morgan fingerprint density at radius 2 is 2.15 bits per heavy atom. The van der Waals surface area contributed by atoms with E-state index >= 15 is 0 Å². The Morgan fingerprint density at radius 1 is 1.33 bits per heavy atom. The second kappa shape index (κ2) is 12.6. The molecule has 6 nitrogen and oxygen atoms in total. The minimum Gasteiger partial charge on any atom is -0.381 e. The molecule has 1 saturated heterocycles. The molecule has 0 aromatic heterocycles. The van der Waals surface area contributed by atoms with E-state index in [1.54, 1.807) is 19.2 Å². The first-order valence-electron chi connectivity index (χ1n) is 9.68. The van der Waals surface area contributed by atoms with Crippen LogP contribution in [-0.4, -0.2) is 59.1 Å². The van der Waals surface area contributed by atoms with Gasteiger partial charge in [0.05, 0.1) is 19.8 Å². The van der Waals surface area contributed by atoms with Crippen LogP contribution in [0.25, 0.3) is 0 Å². The quantitative estimate of drug-likeness (QED) is 0.350. The number of methoxy groups -OCH3 is 1. The number of nitrogens with one attached hydrogen (secondary N) is 2. The zero-order valence-corrected chi connectivity index (χ0v) is 16.4. The Hall–Kier alpha value is -1.70. The van der Waals surface area contributed by atoms with Gasteiger partial charge in [0.15, 0.2) is 5.96 Å². The van der Waals surface area contributed by atoms with E-state index in [1.165, 1.54) is 12.1 Å².